The molecule has 108 valence electrons. The number of nitrogens with one attached hydrogen (secondary N) is 2. The second-order valence-corrected chi connectivity index (χ2v) is 3.99. The topological polar surface area (TPSA) is 109 Å². The van der Waals surface area contributed by atoms with Gasteiger partial charge in [0.2, 0.25) is 5.75 Å². The van der Waals surface area contributed by atoms with Gasteiger partial charge in [-0.05, 0) is 25.2 Å². The van der Waals surface area contributed by atoms with Crippen LogP contribution in [0.3, 0.4) is 0 Å². The number of benzene rings is 1. The van der Waals surface area contributed by atoms with Crippen LogP contribution in [0, 0.1) is 10.1 Å². The number of hydrogen-bond donors (Lipinski definition) is 3. The lowest BCUT2D eigenvalue weighted by molar-refractivity contribution is -0.386. The quantitative estimate of drug-likeness (QED) is 0.323. The van der Waals surface area contributed by atoms with E-state index >= 15 is 0 Å². The van der Waals surface area contributed by atoms with Crippen LogP contribution in [0.15, 0.2) is 17.2 Å². The number of nitro groups is 1. The van der Waals surface area contributed by atoms with Crippen LogP contribution in [0.1, 0.15) is 12.5 Å². The van der Waals surface area contributed by atoms with Gasteiger partial charge in [-0.15, -0.1) is 0 Å². The number of phenols is 1. The van der Waals surface area contributed by atoms with Gasteiger partial charge < -0.3 is 15.2 Å². The summed E-state index contributed by atoms with van der Waals surface area (Å²) in [4.78, 5) is 10.1. The van der Waals surface area contributed by atoms with Crippen molar-refractivity contribution in [3.05, 3.63) is 27.8 Å². The molecule has 9 heteroatoms. The molecule has 0 amide bonds. The number of phenolic OH excluding ortho intramolecular Hbond substituents is 1. The summed E-state index contributed by atoms with van der Waals surface area (Å²) in [7, 11) is 1.30. The molecule has 0 saturated heterocycles. The first kappa shape index (κ1) is 15.6. The van der Waals surface area contributed by atoms with Crippen LogP contribution in [-0.2, 0) is 0 Å². The van der Waals surface area contributed by atoms with E-state index in [2.05, 4.69) is 15.8 Å². The van der Waals surface area contributed by atoms with E-state index in [9.17, 15) is 15.2 Å². The zero-order chi connectivity index (χ0) is 15.1. The Labute approximate surface area is 120 Å². The zero-order valence-electron chi connectivity index (χ0n) is 10.9. The molecule has 0 saturated carbocycles. The maximum atomic E-state index is 10.8. The normalized spacial score (nSPS) is 10.3. The Morgan fingerprint density at radius 3 is 2.90 bits per heavy atom. The number of methoxy groups -OCH3 is 1. The van der Waals surface area contributed by atoms with E-state index in [-0.39, 0.29) is 5.75 Å². The molecule has 8 nitrogen and oxygen atoms in total. The average Bonchev–Trinajstić information content (AvgIpc) is 2.40. The summed E-state index contributed by atoms with van der Waals surface area (Å²) < 4.78 is 4.87. The zero-order valence-corrected chi connectivity index (χ0v) is 11.7. The molecule has 0 fully saturated rings. The second-order valence-electron chi connectivity index (χ2n) is 3.58. The van der Waals surface area contributed by atoms with E-state index in [0.717, 1.165) is 0 Å². The second kappa shape index (κ2) is 7.24. The number of thiocarbonyl (C=S) groups is 1. The predicted octanol–water partition coefficient (Wildman–Crippen LogP) is 1.13. The Hall–Kier alpha value is -2.42. The number of hydrogen-bond acceptors (Lipinski definition) is 6. The molecule has 0 atom stereocenters. The number of aromatic hydroxyl groups is 1. The summed E-state index contributed by atoms with van der Waals surface area (Å²) in [5, 5.41) is 27.4. The average molecular weight is 298 g/mol. The Morgan fingerprint density at radius 2 is 2.35 bits per heavy atom. The number of rotatable bonds is 5. The van der Waals surface area contributed by atoms with Crippen LogP contribution in [0.25, 0.3) is 0 Å². The van der Waals surface area contributed by atoms with Gasteiger partial charge in [0, 0.05) is 18.2 Å². The van der Waals surface area contributed by atoms with Crippen LogP contribution in [0.4, 0.5) is 5.69 Å². The van der Waals surface area contributed by atoms with Gasteiger partial charge in [-0.25, -0.2) is 0 Å². The summed E-state index contributed by atoms with van der Waals surface area (Å²) in [5.41, 5.74) is 2.48. The van der Waals surface area contributed by atoms with Crippen LogP contribution >= 0.6 is 12.2 Å². The highest BCUT2D eigenvalue weighted by Crippen LogP contribution is 2.36. The molecule has 0 aliphatic rings. The minimum atomic E-state index is -0.702. The molecule has 0 spiro atoms. The van der Waals surface area contributed by atoms with Gasteiger partial charge in [0.25, 0.3) is 0 Å². The van der Waals surface area contributed by atoms with Crippen molar-refractivity contribution in [2.75, 3.05) is 13.7 Å². The van der Waals surface area contributed by atoms with Crippen molar-refractivity contribution in [3.63, 3.8) is 0 Å². The third-order valence-corrected chi connectivity index (χ3v) is 2.45. The van der Waals surface area contributed by atoms with E-state index in [0.29, 0.717) is 17.2 Å². The summed E-state index contributed by atoms with van der Waals surface area (Å²) in [6.45, 7) is 2.53. The molecule has 1 aromatic rings. The lowest BCUT2D eigenvalue weighted by Crippen LogP contribution is -2.31. The van der Waals surface area contributed by atoms with Crippen LogP contribution < -0.4 is 15.5 Å². The third kappa shape index (κ3) is 4.05. The summed E-state index contributed by atoms with van der Waals surface area (Å²) in [6, 6.07) is 2.60. The highest BCUT2D eigenvalue weighted by molar-refractivity contribution is 7.80. The molecule has 0 unspecified atom stereocenters. The molecular formula is C11H14N4O4S. The fourth-order valence-corrected chi connectivity index (χ4v) is 1.55. The summed E-state index contributed by atoms with van der Waals surface area (Å²) in [6.07, 6.45) is 1.33. The van der Waals surface area contributed by atoms with E-state index in [4.69, 9.17) is 17.0 Å². The smallest absolute Gasteiger partial charge is 0.315 e. The van der Waals surface area contributed by atoms with E-state index in [1.807, 2.05) is 6.92 Å². The third-order valence-electron chi connectivity index (χ3n) is 2.21. The van der Waals surface area contributed by atoms with Crippen LogP contribution in [0.5, 0.6) is 11.5 Å². The lowest BCUT2D eigenvalue weighted by Gasteiger charge is -2.05. The monoisotopic (exact) mass is 298 g/mol. The fraction of sp³-hybridized carbons (Fsp3) is 0.273. The minimum absolute atomic E-state index is 0.00471. The number of hydrazone groups is 1. The maximum Gasteiger partial charge on any atom is 0.315 e. The van der Waals surface area contributed by atoms with Gasteiger partial charge in [0.15, 0.2) is 10.9 Å². The minimum Gasteiger partial charge on any atom is -0.500 e. The van der Waals surface area contributed by atoms with E-state index in [1.165, 1.54) is 25.5 Å². The van der Waals surface area contributed by atoms with Crippen molar-refractivity contribution < 1.29 is 14.8 Å². The largest absolute Gasteiger partial charge is 0.500 e. The number of nitro benzene ring substituents is 1. The van der Waals surface area contributed by atoms with Crippen LogP contribution in [-0.4, -0.2) is 35.0 Å². The Balaban J connectivity index is 2.95. The van der Waals surface area contributed by atoms with Gasteiger partial charge in [-0.3, -0.25) is 15.5 Å². The lowest BCUT2D eigenvalue weighted by atomic mass is 10.2. The Bertz CT molecular complexity index is 547. The van der Waals surface area contributed by atoms with E-state index in [1.54, 1.807) is 0 Å². The molecule has 3 N–H and O–H groups in total. The summed E-state index contributed by atoms with van der Waals surface area (Å²) >= 11 is 4.90. The summed E-state index contributed by atoms with van der Waals surface area (Å²) in [5.74, 6) is -0.527. The maximum absolute atomic E-state index is 10.8. The molecule has 0 radical (unpaired) electrons. The van der Waals surface area contributed by atoms with Gasteiger partial charge >= 0.3 is 5.69 Å². The van der Waals surface area contributed by atoms with Gasteiger partial charge in [0.1, 0.15) is 0 Å². The number of nitrogens with zero attached hydrogens (tertiary/aromatic N) is 2. The standard InChI is InChI=1S/C11H14N4O4S/c1-3-12-11(20)14-13-6-7-4-8(15(17)18)10(16)9(5-7)19-2/h4-6,16H,3H2,1-2H3,(H2,12,14,20). The first-order chi connectivity index (χ1) is 9.49. The molecule has 0 heterocycles. The van der Waals surface area contributed by atoms with Crippen molar-refractivity contribution >= 4 is 29.2 Å². The van der Waals surface area contributed by atoms with Crippen molar-refractivity contribution in [1.29, 1.82) is 0 Å². The molecule has 0 aliphatic carbocycles. The van der Waals surface area contributed by atoms with Crippen LogP contribution in [0.2, 0.25) is 0 Å². The molecule has 0 aromatic heterocycles. The first-order valence-electron chi connectivity index (χ1n) is 5.61. The Kier molecular flexibility index (Phi) is 5.66. The van der Waals surface area contributed by atoms with Gasteiger partial charge in [-0.1, -0.05) is 0 Å². The highest BCUT2D eigenvalue weighted by atomic mass is 32.1. The first-order valence-corrected chi connectivity index (χ1v) is 6.02. The molecule has 0 bridgehead atoms. The van der Waals surface area contributed by atoms with Crippen molar-refractivity contribution in [2.45, 2.75) is 6.92 Å². The fourth-order valence-electron chi connectivity index (χ4n) is 1.35. The predicted molar refractivity (Wildman–Crippen MR) is 78.3 cm³/mol. The molecule has 0 aliphatic heterocycles. The molecule has 20 heavy (non-hydrogen) atoms. The SMILES string of the molecule is CCNC(=S)NN=Cc1cc(OC)c(O)c([N+](=O)[O-])c1. The van der Waals surface area contributed by atoms with Gasteiger partial charge in [-0.2, -0.15) is 5.10 Å². The molecular weight excluding hydrogens is 284 g/mol. The van der Waals surface area contributed by atoms with E-state index < -0.39 is 16.4 Å². The Morgan fingerprint density at radius 1 is 1.65 bits per heavy atom. The van der Waals surface area contributed by atoms with Crippen molar-refractivity contribution in [2.24, 2.45) is 5.10 Å². The highest BCUT2D eigenvalue weighted by Gasteiger charge is 2.19. The molecule has 1 aromatic carbocycles. The number of ether oxygens (including phenoxy) is 1. The molecule has 1 rings (SSSR count). The van der Waals surface area contributed by atoms with Gasteiger partial charge in [0.05, 0.1) is 18.2 Å². The van der Waals surface area contributed by atoms with Crippen molar-refractivity contribution in [1.82, 2.24) is 10.7 Å². The van der Waals surface area contributed by atoms with Crippen molar-refractivity contribution in [3.8, 4) is 11.5 Å².